The van der Waals surface area contributed by atoms with Crippen LogP contribution >= 0.6 is 23.2 Å². The molecule has 0 radical (unpaired) electrons. The molecule has 0 aliphatic rings. The first-order valence-electron chi connectivity index (χ1n) is 12.3. The molecule has 2 atom stereocenters. The molecule has 3 rings (SSSR count). The Balaban J connectivity index is 2.05. The molecule has 4 nitrogen and oxygen atoms in total. The largest absolute Gasteiger partial charge is 0.352 e. The number of nitrogens with zero attached hydrogens (tertiary/aromatic N) is 1. The van der Waals surface area contributed by atoms with Gasteiger partial charge in [0.2, 0.25) is 11.8 Å². The Morgan fingerprint density at radius 3 is 2.25 bits per heavy atom. The van der Waals surface area contributed by atoms with Crippen LogP contribution in [0.25, 0.3) is 0 Å². The highest BCUT2D eigenvalue weighted by molar-refractivity contribution is 6.36. The highest BCUT2D eigenvalue weighted by Crippen LogP contribution is 2.28. The highest BCUT2D eigenvalue weighted by Gasteiger charge is 2.32. The van der Waals surface area contributed by atoms with Crippen molar-refractivity contribution in [2.75, 3.05) is 0 Å². The lowest BCUT2D eigenvalue weighted by Gasteiger charge is -2.33. The fourth-order valence-electron chi connectivity index (χ4n) is 4.10. The molecule has 6 heteroatoms. The second kappa shape index (κ2) is 12.9. The van der Waals surface area contributed by atoms with E-state index in [0.29, 0.717) is 22.0 Å². The Morgan fingerprint density at radius 1 is 0.944 bits per heavy atom. The summed E-state index contributed by atoms with van der Waals surface area (Å²) in [5.74, 6) is -0.342. The highest BCUT2D eigenvalue weighted by atomic mass is 35.5. The second-order valence-corrected chi connectivity index (χ2v) is 10.2. The lowest BCUT2D eigenvalue weighted by Crippen LogP contribution is -2.52. The number of benzene rings is 3. The minimum absolute atomic E-state index is 0.0179. The minimum atomic E-state index is -0.730. The van der Waals surface area contributed by atoms with Crippen molar-refractivity contribution in [2.45, 2.75) is 65.6 Å². The Bertz CT molecular complexity index is 1180. The molecule has 36 heavy (non-hydrogen) atoms. The predicted octanol–water partition coefficient (Wildman–Crippen LogP) is 6.71. The van der Waals surface area contributed by atoms with Crippen LogP contribution in [0.3, 0.4) is 0 Å². The van der Waals surface area contributed by atoms with Gasteiger partial charge in [-0.2, -0.15) is 0 Å². The molecular weight excluding hydrogens is 491 g/mol. The van der Waals surface area contributed by atoms with Gasteiger partial charge >= 0.3 is 0 Å². The summed E-state index contributed by atoms with van der Waals surface area (Å²) in [6.45, 7) is 8.11. The molecule has 0 heterocycles. The average Bonchev–Trinajstić information content (AvgIpc) is 2.85. The number of carbonyl (C=O) groups excluding carboxylic acids is 2. The quantitative estimate of drug-likeness (QED) is 0.320. The van der Waals surface area contributed by atoms with Crippen LogP contribution in [0.1, 0.15) is 48.1 Å². The number of hydrogen-bond donors (Lipinski definition) is 1. The molecule has 190 valence electrons. The molecule has 3 aromatic rings. The number of rotatable bonds is 10. The van der Waals surface area contributed by atoms with Crippen LogP contribution in [0.5, 0.6) is 0 Å². The smallest absolute Gasteiger partial charge is 0.243 e. The van der Waals surface area contributed by atoms with Gasteiger partial charge in [-0.05, 0) is 56.0 Å². The third kappa shape index (κ3) is 7.35. The standard InChI is InChI=1S/C30H34Cl2N2O2/c1-5-22(4)33-30(36)28(17-23-10-7-6-8-11-23)34(19-25-26(31)12-9-13-27(25)32)29(35)18-24-16-20(2)14-15-21(24)3/h6-16,22,28H,5,17-19H2,1-4H3,(H,33,36). The number of hydrogen-bond acceptors (Lipinski definition) is 2. The summed E-state index contributed by atoms with van der Waals surface area (Å²) in [7, 11) is 0. The van der Waals surface area contributed by atoms with E-state index in [-0.39, 0.29) is 30.8 Å². The lowest BCUT2D eigenvalue weighted by atomic mass is 9.99. The van der Waals surface area contributed by atoms with E-state index in [1.54, 1.807) is 23.1 Å². The number of nitrogens with one attached hydrogen (secondary N) is 1. The zero-order chi connectivity index (χ0) is 26.2. The summed E-state index contributed by atoms with van der Waals surface area (Å²) < 4.78 is 0. The zero-order valence-electron chi connectivity index (χ0n) is 21.4. The van der Waals surface area contributed by atoms with Crippen molar-refractivity contribution in [2.24, 2.45) is 0 Å². The van der Waals surface area contributed by atoms with E-state index in [2.05, 4.69) is 5.32 Å². The minimum Gasteiger partial charge on any atom is -0.352 e. The first-order valence-corrected chi connectivity index (χ1v) is 13.1. The van der Waals surface area contributed by atoms with Gasteiger partial charge in [-0.15, -0.1) is 0 Å². The molecule has 2 unspecified atom stereocenters. The van der Waals surface area contributed by atoms with Crippen molar-refractivity contribution < 1.29 is 9.59 Å². The third-order valence-corrected chi connectivity index (χ3v) is 7.22. The predicted molar refractivity (Wildman–Crippen MR) is 148 cm³/mol. The Labute approximate surface area is 224 Å². The van der Waals surface area contributed by atoms with Crippen molar-refractivity contribution in [1.82, 2.24) is 10.2 Å². The SMILES string of the molecule is CCC(C)NC(=O)C(Cc1ccccc1)N(Cc1c(Cl)cccc1Cl)C(=O)Cc1cc(C)ccc1C. The van der Waals surface area contributed by atoms with Crippen molar-refractivity contribution in [1.29, 1.82) is 0 Å². The number of aryl methyl sites for hydroxylation is 2. The van der Waals surface area contributed by atoms with E-state index in [0.717, 1.165) is 28.7 Å². The van der Waals surface area contributed by atoms with Crippen LogP contribution in [0.4, 0.5) is 0 Å². The van der Waals surface area contributed by atoms with Crippen LogP contribution < -0.4 is 5.32 Å². The van der Waals surface area contributed by atoms with Crippen molar-refractivity contribution in [3.05, 3.63) is 105 Å². The van der Waals surface area contributed by atoms with Crippen LogP contribution in [0, 0.1) is 13.8 Å². The first kappa shape index (κ1) is 27.8. The van der Waals surface area contributed by atoms with E-state index in [9.17, 15) is 9.59 Å². The summed E-state index contributed by atoms with van der Waals surface area (Å²) in [5.41, 5.74) is 4.66. The molecule has 1 N–H and O–H groups in total. The first-order chi connectivity index (χ1) is 17.2. The van der Waals surface area contributed by atoms with Crippen LogP contribution in [0.2, 0.25) is 10.0 Å². The second-order valence-electron chi connectivity index (χ2n) is 9.35. The van der Waals surface area contributed by atoms with Gasteiger partial charge in [-0.3, -0.25) is 9.59 Å². The topological polar surface area (TPSA) is 49.4 Å². The van der Waals surface area contributed by atoms with E-state index < -0.39 is 6.04 Å². The van der Waals surface area contributed by atoms with Gasteiger partial charge in [0, 0.05) is 34.6 Å². The molecule has 2 amide bonds. The normalized spacial score (nSPS) is 12.6. The molecule has 0 bridgehead atoms. The van der Waals surface area contributed by atoms with Crippen LogP contribution in [-0.4, -0.2) is 28.8 Å². The molecular formula is C30H34Cl2N2O2. The maximum atomic E-state index is 14.0. The van der Waals surface area contributed by atoms with E-state index >= 15 is 0 Å². The Morgan fingerprint density at radius 2 is 1.61 bits per heavy atom. The molecule has 0 fully saturated rings. The maximum absolute atomic E-state index is 14.0. The van der Waals surface area contributed by atoms with Gasteiger partial charge in [-0.25, -0.2) is 0 Å². The van der Waals surface area contributed by atoms with Crippen molar-refractivity contribution >= 4 is 35.0 Å². The lowest BCUT2D eigenvalue weighted by molar-refractivity contribution is -0.141. The summed E-state index contributed by atoms with van der Waals surface area (Å²) in [6, 6.07) is 20.4. The Kier molecular flexibility index (Phi) is 9.98. The monoisotopic (exact) mass is 524 g/mol. The van der Waals surface area contributed by atoms with Crippen molar-refractivity contribution in [3.63, 3.8) is 0 Å². The maximum Gasteiger partial charge on any atom is 0.243 e. The van der Waals surface area contributed by atoms with E-state index in [1.165, 1.54) is 0 Å². The van der Waals surface area contributed by atoms with Gasteiger partial charge in [0.1, 0.15) is 6.04 Å². The van der Waals surface area contributed by atoms with E-state index in [4.69, 9.17) is 23.2 Å². The van der Waals surface area contributed by atoms with Gasteiger partial charge in [0.05, 0.1) is 6.42 Å². The summed E-state index contributed by atoms with van der Waals surface area (Å²) in [5, 5.41) is 4.02. The molecule has 0 aliphatic carbocycles. The summed E-state index contributed by atoms with van der Waals surface area (Å²) in [6.07, 6.45) is 1.35. The third-order valence-electron chi connectivity index (χ3n) is 6.51. The molecule has 3 aromatic carbocycles. The van der Waals surface area contributed by atoms with Crippen molar-refractivity contribution in [3.8, 4) is 0 Å². The van der Waals surface area contributed by atoms with Crippen LogP contribution in [-0.2, 0) is 29.0 Å². The van der Waals surface area contributed by atoms with Gasteiger partial charge < -0.3 is 10.2 Å². The van der Waals surface area contributed by atoms with Gasteiger partial charge in [0.25, 0.3) is 0 Å². The fraction of sp³-hybridized carbons (Fsp3) is 0.333. The van der Waals surface area contributed by atoms with Gasteiger partial charge in [0.15, 0.2) is 0 Å². The average molecular weight is 526 g/mol. The van der Waals surface area contributed by atoms with Gasteiger partial charge in [-0.1, -0.05) is 90.3 Å². The molecule has 0 aromatic heterocycles. The summed E-state index contributed by atoms with van der Waals surface area (Å²) >= 11 is 13.0. The molecule has 0 saturated carbocycles. The van der Waals surface area contributed by atoms with Crippen LogP contribution in [0.15, 0.2) is 66.7 Å². The number of halogens is 2. The fourth-order valence-corrected chi connectivity index (χ4v) is 4.62. The number of carbonyl (C=O) groups is 2. The Hall–Kier alpha value is -2.82. The summed E-state index contributed by atoms with van der Waals surface area (Å²) in [4.78, 5) is 29.2. The molecule has 0 spiro atoms. The number of amides is 2. The molecule has 0 aliphatic heterocycles. The molecule has 0 saturated heterocycles. The van der Waals surface area contributed by atoms with E-state index in [1.807, 2.05) is 76.2 Å². The zero-order valence-corrected chi connectivity index (χ0v) is 22.9.